The van der Waals surface area contributed by atoms with Crippen molar-refractivity contribution >= 4 is 17.1 Å². The molecule has 0 fully saturated rings. The van der Waals surface area contributed by atoms with Crippen LogP contribution in [-0.2, 0) is 0 Å². The molecule has 1 aromatic carbocycles. The Kier molecular flexibility index (Phi) is 4.71. The number of nitrogens with one attached hydrogen (secondary N) is 2. The number of anilines is 2. The number of nitro groups is 1. The summed E-state index contributed by atoms with van der Waals surface area (Å²) in [6.45, 7) is 2.00. The molecule has 0 radical (unpaired) electrons. The average Bonchev–Trinajstić information content (AvgIpc) is 2.28. The number of non-ortho nitro benzene ring substituents is 1. The molecule has 0 heterocycles. The maximum Gasteiger partial charge on any atom is 0.273 e. The summed E-state index contributed by atoms with van der Waals surface area (Å²) in [5.74, 6) is 0. The Morgan fingerprint density at radius 1 is 1.41 bits per heavy atom. The van der Waals surface area contributed by atoms with Gasteiger partial charge in [-0.25, -0.2) is 0 Å². The number of nitrogens with zero attached hydrogens (tertiary/aromatic N) is 1. The Morgan fingerprint density at radius 3 is 2.59 bits per heavy atom. The summed E-state index contributed by atoms with van der Waals surface area (Å²) in [6, 6.07) is 4.81. The predicted octanol–water partition coefficient (Wildman–Crippen LogP) is 1.82. The number of aliphatic hydroxyl groups excluding tert-OH is 1. The minimum atomic E-state index is -0.428. The largest absolute Gasteiger partial charge is 0.396 e. The van der Waals surface area contributed by atoms with Crippen molar-refractivity contribution in [2.45, 2.75) is 19.4 Å². The molecule has 0 saturated carbocycles. The minimum Gasteiger partial charge on any atom is -0.396 e. The summed E-state index contributed by atoms with van der Waals surface area (Å²) >= 11 is 0. The Labute approximate surface area is 99.8 Å². The summed E-state index contributed by atoms with van der Waals surface area (Å²) in [5, 5.41) is 25.5. The van der Waals surface area contributed by atoms with Crippen molar-refractivity contribution in [1.29, 1.82) is 0 Å². The summed E-state index contributed by atoms with van der Waals surface area (Å²) in [5.41, 5.74) is 1.39. The van der Waals surface area contributed by atoms with Crippen LogP contribution in [0, 0.1) is 10.1 Å². The van der Waals surface area contributed by atoms with Crippen molar-refractivity contribution in [3.8, 4) is 0 Å². The molecule has 94 valence electrons. The van der Waals surface area contributed by atoms with Crippen molar-refractivity contribution in [1.82, 2.24) is 0 Å². The van der Waals surface area contributed by atoms with Crippen molar-refractivity contribution in [3.05, 3.63) is 28.3 Å². The third kappa shape index (κ3) is 3.92. The number of aliphatic hydroxyl groups is 1. The van der Waals surface area contributed by atoms with Gasteiger partial charge in [0.2, 0.25) is 0 Å². The number of benzene rings is 1. The fraction of sp³-hybridized carbons (Fsp3) is 0.455. The number of nitro benzene ring substituents is 1. The standard InChI is InChI=1S/C11H17N3O3/c1-8(3-4-15)13-10-5-9(12-2)6-11(7-10)14(16)17/h5-8,12-13,15H,3-4H2,1-2H3. The Bertz CT molecular complexity index is 396. The molecule has 0 bridgehead atoms. The fourth-order valence-electron chi connectivity index (χ4n) is 1.49. The highest BCUT2D eigenvalue weighted by atomic mass is 16.6. The molecule has 0 aliphatic carbocycles. The highest BCUT2D eigenvalue weighted by Gasteiger charge is 2.10. The second-order valence-electron chi connectivity index (χ2n) is 3.83. The molecule has 1 aromatic rings. The SMILES string of the molecule is CNc1cc(NC(C)CCO)cc([N+](=O)[O-])c1. The first kappa shape index (κ1) is 13.2. The van der Waals surface area contributed by atoms with Gasteiger partial charge in [-0.1, -0.05) is 0 Å². The van der Waals surface area contributed by atoms with Gasteiger partial charge in [-0.2, -0.15) is 0 Å². The Morgan fingerprint density at radius 2 is 2.06 bits per heavy atom. The van der Waals surface area contributed by atoms with Gasteiger partial charge in [-0.05, 0) is 19.4 Å². The third-order valence-electron chi connectivity index (χ3n) is 2.39. The van der Waals surface area contributed by atoms with Crippen LogP contribution in [0.15, 0.2) is 18.2 Å². The lowest BCUT2D eigenvalue weighted by molar-refractivity contribution is -0.384. The zero-order valence-electron chi connectivity index (χ0n) is 9.93. The highest BCUT2D eigenvalue weighted by Crippen LogP contribution is 2.24. The van der Waals surface area contributed by atoms with E-state index >= 15 is 0 Å². The molecular weight excluding hydrogens is 222 g/mol. The number of hydrogen-bond acceptors (Lipinski definition) is 5. The first-order valence-corrected chi connectivity index (χ1v) is 5.41. The summed E-state index contributed by atoms with van der Waals surface area (Å²) < 4.78 is 0. The van der Waals surface area contributed by atoms with E-state index in [-0.39, 0.29) is 18.3 Å². The molecule has 17 heavy (non-hydrogen) atoms. The first-order valence-electron chi connectivity index (χ1n) is 5.41. The van der Waals surface area contributed by atoms with Gasteiger partial charge in [0.05, 0.1) is 4.92 Å². The van der Waals surface area contributed by atoms with Crippen LogP contribution >= 0.6 is 0 Å². The molecule has 6 heteroatoms. The zero-order chi connectivity index (χ0) is 12.8. The van der Waals surface area contributed by atoms with E-state index in [0.29, 0.717) is 17.8 Å². The molecule has 6 nitrogen and oxygen atoms in total. The monoisotopic (exact) mass is 239 g/mol. The maximum absolute atomic E-state index is 10.7. The van der Waals surface area contributed by atoms with Crippen molar-refractivity contribution in [2.75, 3.05) is 24.3 Å². The lowest BCUT2D eigenvalue weighted by Gasteiger charge is -2.14. The number of rotatable bonds is 6. The van der Waals surface area contributed by atoms with E-state index in [0.717, 1.165) is 0 Å². The van der Waals surface area contributed by atoms with Gasteiger partial charge in [-0.3, -0.25) is 10.1 Å². The van der Waals surface area contributed by atoms with Crippen LogP contribution in [0.3, 0.4) is 0 Å². The van der Waals surface area contributed by atoms with Crippen molar-refractivity contribution in [2.24, 2.45) is 0 Å². The summed E-state index contributed by atoms with van der Waals surface area (Å²) in [4.78, 5) is 10.3. The highest BCUT2D eigenvalue weighted by molar-refractivity contribution is 5.63. The molecule has 0 spiro atoms. The van der Waals surface area contributed by atoms with Gasteiger partial charge in [-0.15, -0.1) is 0 Å². The molecule has 0 aliphatic heterocycles. The van der Waals surface area contributed by atoms with Gasteiger partial charge in [0.1, 0.15) is 0 Å². The van der Waals surface area contributed by atoms with E-state index in [1.54, 1.807) is 13.1 Å². The molecule has 1 unspecified atom stereocenters. The van der Waals surface area contributed by atoms with E-state index in [4.69, 9.17) is 5.11 Å². The topological polar surface area (TPSA) is 87.4 Å². The predicted molar refractivity (Wildman–Crippen MR) is 67.4 cm³/mol. The second kappa shape index (κ2) is 6.05. The van der Waals surface area contributed by atoms with E-state index in [2.05, 4.69) is 10.6 Å². The molecular formula is C11H17N3O3. The molecule has 3 N–H and O–H groups in total. The maximum atomic E-state index is 10.7. The Balaban J connectivity index is 2.90. The molecule has 0 aliphatic rings. The summed E-state index contributed by atoms with van der Waals surface area (Å²) in [6.07, 6.45) is 0.595. The Hall–Kier alpha value is -1.82. The van der Waals surface area contributed by atoms with Crippen LogP contribution in [0.25, 0.3) is 0 Å². The van der Waals surface area contributed by atoms with Crippen LogP contribution in [-0.4, -0.2) is 29.7 Å². The van der Waals surface area contributed by atoms with Gasteiger partial charge >= 0.3 is 0 Å². The minimum absolute atomic E-state index is 0.0375. The normalized spacial score (nSPS) is 11.9. The lowest BCUT2D eigenvalue weighted by Crippen LogP contribution is -2.16. The lowest BCUT2D eigenvalue weighted by atomic mass is 10.2. The van der Waals surface area contributed by atoms with Crippen LogP contribution in [0.2, 0.25) is 0 Å². The van der Waals surface area contributed by atoms with Crippen molar-refractivity contribution < 1.29 is 10.0 Å². The van der Waals surface area contributed by atoms with Crippen LogP contribution in [0.5, 0.6) is 0 Å². The van der Waals surface area contributed by atoms with Gasteiger partial charge < -0.3 is 15.7 Å². The smallest absolute Gasteiger partial charge is 0.273 e. The van der Waals surface area contributed by atoms with Crippen molar-refractivity contribution in [3.63, 3.8) is 0 Å². The molecule has 0 amide bonds. The first-order chi connectivity index (χ1) is 8.06. The molecule has 1 atom stereocenters. The van der Waals surface area contributed by atoms with Crippen LogP contribution < -0.4 is 10.6 Å². The van der Waals surface area contributed by atoms with Crippen LogP contribution in [0.1, 0.15) is 13.3 Å². The van der Waals surface area contributed by atoms with E-state index in [9.17, 15) is 10.1 Å². The second-order valence-corrected chi connectivity index (χ2v) is 3.83. The van der Waals surface area contributed by atoms with Gasteiger partial charge in [0.25, 0.3) is 5.69 Å². The van der Waals surface area contributed by atoms with Gasteiger partial charge in [0, 0.05) is 43.2 Å². The fourth-order valence-corrected chi connectivity index (χ4v) is 1.49. The number of hydrogen-bond donors (Lipinski definition) is 3. The zero-order valence-corrected chi connectivity index (χ0v) is 9.93. The average molecular weight is 239 g/mol. The molecule has 0 saturated heterocycles. The third-order valence-corrected chi connectivity index (χ3v) is 2.39. The van der Waals surface area contributed by atoms with E-state index in [1.165, 1.54) is 12.1 Å². The molecule has 1 rings (SSSR count). The quantitative estimate of drug-likeness (QED) is 0.520. The van der Waals surface area contributed by atoms with Crippen LogP contribution in [0.4, 0.5) is 17.1 Å². The van der Waals surface area contributed by atoms with Gasteiger partial charge in [0.15, 0.2) is 0 Å². The van der Waals surface area contributed by atoms with E-state index < -0.39 is 4.92 Å². The molecule has 0 aromatic heterocycles. The van der Waals surface area contributed by atoms with E-state index in [1.807, 2.05) is 6.92 Å². The summed E-state index contributed by atoms with van der Waals surface area (Å²) in [7, 11) is 1.71.